The first-order chi connectivity index (χ1) is 18.7. The number of ether oxygens (including phenoxy) is 1. The van der Waals surface area contributed by atoms with E-state index in [1.54, 1.807) is 7.11 Å². The van der Waals surface area contributed by atoms with Crippen LogP contribution in [0.5, 0.6) is 0 Å². The number of hydrogen-bond acceptors (Lipinski definition) is 2. The molecule has 0 saturated heterocycles. The molecule has 0 heterocycles. The van der Waals surface area contributed by atoms with E-state index < -0.39 is 0 Å². The van der Waals surface area contributed by atoms with Gasteiger partial charge < -0.3 is 0 Å². The van der Waals surface area contributed by atoms with E-state index in [0.717, 1.165) is 24.3 Å². The van der Waals surface area contributed by atoms with Crippen LogP contribution in [0.15, 0.2) is 78.9 Å². The molecular weight excluding hydrogens is 522 g/mol. The summed E-state index contributed by atoms with van der Waals surface area (Å²) in [6.07, 6.45) is 0. The van der Waals surface area contributed by atoms with Crippen molar-refractivity contribution < 1.29 is 43.8 Å². The van der Waals surface area contributed by atoms with E-state index in [1.165, 1.54) is 16.7 Å². The Bertz CT molecular complexity index is 1140. The third-order valence-corrected chi connectivity index (χ3v) is 4.83. The van der Waals surface area contributed by atoms with Gasteiger partial charge in [0.15, 0.2) is 0 Å². The number of rotatable bonds is 6. The third-order valence-electron chi connectivity index (χ3n) is 4.41. The van der Waals surface area contributed by atoms with Gasteiger partial charge >= 0.3 is 232 Å². The van der Waals surface area contributed by atoms with Crippen LogP contribution in [-0.2, 0) is 56.9 Å². The molecule has 0 radical (unpaired) electrons. The number of methoxy groups -OCH3 is 1. The maximum atomic E-state index is 7.50. The normalized spacial score (nSPS) is 7.68. The summed E-state index contributed by atoms with van der Waals surface area (Å²) in [5.74, 6) is 6.33. The van der Waals surface area contributed by atoms with Crippen LogP contribution in [0.3, 0.4) is 0 Å². The summed E-state index contributed by atoms with van der Waals surface area (Å²) in [6.45, 7) is 26.2. The van der Waals surface area contributed by atoms with Gasteiger partial charge in [-0.3, -0.25) is 0 Å². The fourth-order valence-electron chi connectivity index (χ4n) is 3.03. The summed E-state index contributed by atoms with van der Waals surface area (Å²) in [5.41, 5.74) is 5.84. The Morgan fingerprint density at radius 1 is 0.737 bits per heavy atom. The van der Waals surface area contributed by atoms with E-state index in [-0.39, 0.29) is 0 Å². The zero-order chi connectivity index (χ0) is 29.8. The minimum atomic E-state index is 0.588. The van der Waals surface area contributed by atoms with Gasteiger partial charge in [0, 0.05) is 0 Å². The molecule has 0 bridgehead atoms. The Labute approximate surface area is 232 Å². The molecule has 190 valence electrons. The van der Waals surface area contributed by atoms with Gasteiger partial charge in [0.1, 0.15) is 0 Å². The van der Waals surface area contributed by atoms with Crippen molar-refractivity contribution >= 4 is 10.3 Å². The van der Waals surface area contributed by atoms with E-state index >= 15 is 0 Å². The second kappa shape index (κ2) is 27.7. The Hall–Kier alpha value is -3.92. The number of benzene rings is 3. The number of aryl methyl sites for hydroxylation is 1. The van der Waals surface area contributed by atoms with Crippen molar-refractivity contribution in [2.75, 3.05) is 12.0 Å². The maximum absolute atomic E-state index is 7.50. The minimum absolute atomic E-state index is 0.588. The molecule has 0 saturated carbocycles. The van der Waals surface area contributed by atoms with Gasteiger partial charge in [0.25, 0.3) is 0 Å². The molecule has 3 rings (SSSR count). The first-order valence-electron chi connectivity index (χ1n) is 10.2. The Kier molecular flexibility index (Phi) is 28.1. The third kappa shape index (κ3) is 16.0. The van der Waals surface area contributed by atoms with Crippen LogP contribution in [0, 0.1) is 52.0 Å². The molecule has 0 aliphatic carbocycles. The SMILES string of the molecule is CO[C](=[Cr])C#Cc1cc(C)ccc1N(Cc1ccccc1)Cc1ccccc1.[C-]#[O+].[C-]#[O+].[C-]#[O+].[C-]#[O+].[C-]#[O+]. The Morgan fingerprint density at radius 2 is 1.16 bits per heavy atom. The molecule has 7 nitrogen and oxygen atoms in total. The predicted octanol–water partition coefficient (Wildman–Crippen LogP) is 4.69. The van der Waals surface area contributed by atoms with Crippen molar-refractivity contribution in [2.24, 2.45) is 0 Å². The molecule has 0 N–H and O–H groups in total. The zero-order valence-electron chi connectivity index (χ0n) is 20.7. The van der Waals surface area contributed by atoms with E-state index in [0.29, 0.717) is 4.57 Å². The second-order valence-electron chi connectivity index (χ2n) is 6.59. The number of hydrogen-bond donors (Lipinski definition) is 0. The molecule has 0 fully saturated rings. The topological polar surface area (TPSA) is 112 Å². The van der Waals surface area contributed by atoms with Crippen molar-refractivity contribution in [2.45, 2.75) is 20.0 Å². The molecule has 8 heteroatoms. The van der Waals surface area contributed by atoms with Crippen molar-refractivity contribution in [3.63, 3.8) is 0 Å². The summed E-state index contributed by atoms with van der Waals surface area (Å²) in [7, 11) is 1.62. The van der Waals surface area contributed by atoms with Crippen molar-refractivity contribution in [1.82, 2.24) is 0 Å². The van der Waals surface area contributed by atoms with Gasteiger partial charge in [-0.05, 0) is 0 Å². The van der Waals surface area contributed by atoms with Crippen molar-refractivity contribution in [3.05, 3.63) is 134 Å². The molecule has 0 aliphatic rings. The number of nitrogens with zero attached hydrogens (tertiary/aromatic N) is 1. The summed E-state index contributed by atoms with van der Waals surface area (Å²) in [6, 6.07) is 27.5. The predicted molar refractivity (Wildman–Crippen MR) is 132 cm³/mol. The van der Waals surface area contributed by atoms with Crippen molar-refractivity contribution in [3.8, 4) is 11.8 Å². The van der Waals surface area contributed by atoms with Gasteiger partial charge in [0.2, 0.25) is 0 Å². The van der Waals surface area contributed by atoms with Gasteiger partial charge in [-0.1, -0.05) is 0 Å². The molecule has 0 amide bonds. The molecule has 3 aromatic carbocycles. The van der Waals surface area contributed by atoms with Crippen molar-refractivity contribution in [1.29, 1.82) is 0 Å². The molecule has 0 unspecified atom stereocenters. The van der Waals surface area contributed by atoms with E-state index in [1.807, 2.05) is 12.1 Å². The molecule has 38 heavy (non-hydrogen) atoms. The quantitative estimate of drug-likeness (QED) is 0.254. The van der Waals surface area contributed by atoms with E-state index in [4.69, 9.17) is 28.0 Å². The molecule has 0 aliphatic heterocycles. The van der Waals surface area contributed by atoms with E-state index in [2.05, 4.69) is 139 Å². The van der Waals surface area contributed by atoms with Crippen LogP contribution in [0.4, 0.5) is 5.69 Å². The Balaban J connectivity index is -0.00000110. The molecule has 0 atom stereocenters. The summed E-state index contributed by atoms with van der Waals surface area (Å²) in [4.78, 5) is 2.37. The monoisotopic (exact) mass is 545 g/mol. The first-order valence-corrected chi connectivity index (χ1v) is 10.8. The van der Waals surface area contributed by atoms with Crippen LogP contribution < -0.4 is 4.90 Å². The summed E-state index contributed by atoms with van der Waals surface area (Å²) in [5, 5.41) is 0. The number of anilines is 1. The molecular formula is C30H23CrNO6. The fourth-order valence-corrected chi connectivity index (χ4v) is 3.11. The van der Waals surface area contributed by atoms with Crippen LogP contribution in [0.25, 0.3) is 0 Å². The molecule has 0 spiro atoms. The summed E-state index contributed by atoms with van der Waals surface area (Å²) < 4.78 is 43.3. The second-order valence-corrected chi connectivity index (χ2v) is 7.17. The average molecular weight is 546 g/mol. The zero-order valence-corrected chi connectivity index (χ0v) is 22.0. The van der Waals surface area contributed by atoms with Gasteiger partial charge in [-0.25, -0.2) is 0 Å². The fraction of sp³-hybridized carbons (Fsp3) is 0.133. The summed E-state index contributed by atoms with van der Waals surface area (Å²) >= 11 is 2.85. The van der Waals surface area contributed by atoms with Gasteiger partial charge in [-0.2, -0.15) is 0 Å². The van der Waals surface area contributed by atoms with E-state index in [9.17, 15) is 0 Å². The van der Waals surface area contributed by atoms with Crippen LogP contribution in [0.2, 0.25) is 0 Å². The Morgan fingerprint density at radius 3 is 1.55 bits per heavy atom. The standard InChI is InChI=1S/C25H23NO.5CO.Cr/c1-21-15-16-25(24(18-21)14-9-17-27-2)26(19-22-10-5-3-6-11-22)20-23-12-7-4-8-13-23;5*1-2;/h3-8,10-13,15-16,18H,19-20H2,1-2H3;;;;;;. The van der Waals surface area contributed by atoms with Crippen LogP contribution in [0.1, 0.15) is 22.3 Å². The first kappa shape index (κ1) is 38.6. The molecule has 0 aromatic heterocycles. The van der Waals surface area contributed by atoms with Crippen LogP contribution in [-0.4, -0.2) is 11.7 Å². The molecule has 3 aromatic rings. The van der Waals surface area contributed by atoms with Gasteiger partial charge in [-0.15, -0.1) is 0 Å². The van der Waals surface area contributed by atoms with Gasteiger partial charge in [0.05, 0.1) is 0 Å². The average Bonchev–Trinajstić information content (AvgIpc) is 3.02. The van der Waals surface area contributed by atoms with Crippen LogP contribution >= 0.6 is 0 Å².